The second kappa shape index (κ2) is 4.64. The van der Waals surface area contributed by atoms with Gasteiger partial charge in [-0.15, -0.1) is 0 Å². The highest BCUT2D eigenvalue weighted by molar-refractivity contribution is 5.30. The lowest BCUT2D eigenvalue weighted by Crippen LogP contribution is -2.46. The number of nitrogens with two attached hydrogens (primary N) is 1. The molecule has 15 heavy (non-hydrogen) atoms. The van der Waals surface area contributed by atoms with E-state index in [0.717, 1.165) is 11.3 Å². The van der Waals surface area contributed by atoms with E-state index in [-0.39, 0.29) is 11.6 Å². The lowest BCUT2D eigenvalue weighted by Gasteiger charge is -2.31. The summed E-state index contributed by atoms with van der Waals surface area (Å²) in [5, 5.41) is 3.21. The molecule has 3 heteroatoms. The van der Waals surface area contributed by atoms with Gasteiger partial charge in [-0.2, -0.15) is 0 Å². The SMILES string of the molecule is CNC(C)(C)C(N)c1ccc(OC)cc1. The van der Waals surface area contributed by atoms with Crippen molar-refractivity contribution in [3.8, 4) is 5.75 Å². The molecule has 1 atom stereocenters. The van der Waals surface area contributed by atoms with Crippen LogP contribution in [0.1, 0.15) is 25.5 Å². The summed E-state index contributed by atoms with van der Waals surface area (Å²) in [7, 11) is 3.58. The van der Waals surface area contributed by atoms with Gasteiger partial charge in [0.15, 0.2) is 0 Å². The molecular weight excluding hydrogens is 188 g/mol. The molecule has 0 heterocycles. The van der Waals surface area contributed by atoms with Crippen molar-refractivity contribution in [2.75, 3.05) is 14.2 Å². The third kappa shape index (κ3) is 2.70. The first-order valence-corrected chi connectivity index (χ1v) is 5.09. The van der Waals surface area contributed by atoms with Crippen LogP contribution in [0.5, 0.6) is 5.75 Å². The lowest BCUT2D eigenvalue weighted by molar-refractivity contribution is 0.348. The van der Waals surface area contributed by atoms with E-state index in [0.29, 0.717) is 0 Å². The first kappa shape index (κ1) is 12.0. The zero-order valence-corrected chi connectivity index (χ0v) is 9.87. The Balaban J connectivity index is 2.87. The van der Waals surface area contributed by atoms with E-state index in [9.17, 15) is 0 Å². The molecule has 0 bridgehead atoms. The Morgan fingerprint density at radius 3 is 2.20 bits per heavy atom. The molecule has 1 aromatic rings. The summed E-state index contributed by atoms with van der Waals surface area (Å²) >= 11 is 0. The van der Waals surface area contributed by atoms with Crippen LogP contribution in [0.15, 0.2) is 24.3 Å². The molecule has 0 spiro atoms. The quantitative estimate of drug-likeness (QED) is 0.791. The average Bonchev–Trinajstić information content (AvgIpc) is 2.28. The first-order chi connectivity index (χ1) is 7.01. The molecule has 0 fully saturated rings. The third-order valence-electron chi connectivity index (χ3n) is 2.90. The van der Waals surface area contributed by atoms with Crippen molar-refractivity contribution in [3.05, 3.63) is 29.8 Å². The second-order valence-electron chi connectivity index (χ2n) is 4.22. The number of ether oxygens (including phenoxy) is 1. The maximum Gasteiger partial charge on any atom is 0.118 e. The highest BCUT2D eigenvalue weighted by Gasteiger charge is 2.25. The summed E-state index contributed by atoms with van der Waals surface area (Å²) in [6.07, 6.45) is 0. The molecule has 3 N–H and O–H groups in total. The van der Waals surface area contributed by atoms with Crippen LogP contribution in [-0.2, 0) is 0 Å². The number of rotatable bonds is 4. The van der Waals surface area contributed by atoms with E-state index >= 15 is 0 Å². The Hall–Kier alpha value is -1.06. The largest absolute Gasteiger partial charge is 0.497 e. The van der Waals surface area contributed by atoms with Crippen LogP contribution in [-0.4, -0.2) is 19.7 Å². The molecule has 1 aromatic carbocycles. The fraction of sp³-hybridized carbons (Fsp3) is 0.500. The predicted octanol–water partition coefficient (Wildman–Crippen LogP) is 1.69. The number of hydrogen-bond donors (Lipinski definition) is 2. The number of likely N-dealkylation sites (N-methyl/N-ethyl adjacent to an activating group) is 1. The number of nitrogens with one attached hydrogen (secondary N) is 1. The minimum Gasteiger partial charge on any atom is -0.497 e. The fourth-order valence-electron chi connectivity index (χ4n) is 1.38. The Bertz CT molecular complexity index is 306. The summed E-state index contributed by atoms with van der Waals surface area (Å²) in [6.45, 7) is 4.17. The van der Waals surface area contributed by atoms with E-state index < -0.39 is 0 Å². The highest BCUT2D eigenvalue weighted by atomic mass is 16.5. The van der Waals surface area contributed by atoms with Crippen LogP contribution in [0.3, 0.4) is 0 Å². The molecule has 0 aromatic heterocycles. The molecule has 0 saturated heterocycles. The first-order valence-electron chi connectivity index (χ1n) is 5.09. The highest BCUT2D eigenvalue weighted by Crippen LogP contribution is 2.24. The summed E-state index contributed by atoms with van der Waals surface area (Å²) < 4.78 is 5.10. The molecule has 0 aliphatic rings. The maximum absolute atomic E-state index is 6.17. The summed E-state index contributed by atoms with van der Waals surface area (Å²) in [5.74, 6) is 0.855. The van der Waals surface area contributed by atoms with E-state index in [1.807, 2.05) is 31.3 Å². The van der Waals surface area contributed by atoms with Crippen LogP contribution < -0.4 is 15.8 Å². The molecule has 84 valence electrons. The Kier molecular flexibility index (Phi) is 3.72. The van der Waals surface area contributed by atoms with Gasteiger partial charge in [0.25, 0.3) is 0 Å². The fourth-order valence-corrected chi connectivity index (χ4v) is 1.38. The number of hydrogen-bond acceptors (Lipinski definition) is 3. The third-order valence-corrected chi connectivity index (χ3v) is 2.90. The van der Waals surface area contributed by atoms with Gasteiger partial charge in [0.2, 0.25) is 0 Å². The van der Waals surface area contributed by atoms with E-state index in [1.165, 1.54) is 0 Å². The van der Waals surface area contributed by atoms with Gasteiger partial charge in [0, 0.05) is 11.6 Å². The summed E-state index contributed by atoms with van der Waals surface area (Å²) in [6, 6.07) is 7.83. The topological polar surface area (TPSA) is 47.3 Å². The normalized spacial score (nSPS) is 13.7. The second-order valence-corrected chi connectivity index (χ2v) is 4.22. The van der Waals surface area contributed by atoms with Crippen molar-refractivity contribution in [3.63, 3.8) is 0 Å². The van der Waals surface area contributed by atoms with Gasteiger partial charge in [-0.3, -0.25) is 0 Å². The smallest absolute Gasteiger partial charge is 0.118 e. The summed E-state index contributed by atoms with van der Waals surface area (Å²) in [5.41, 5.74) is 7.16. The van der Waals surface area contributed by atoms with Crippen molar-refractivity contribution in [1.29, 1.82) is 0 Å². The molecule has 1 unspecified atom stereocenters. The molecule has 0 saturated carbocycles. The zero-order chi connectivity index (χ0) is 11.5. The van der Waals surface area contributed by atoms with Gasteiger partial charge in [-0.25, -0.2) is 0 Å². The summed E-state index contributed by atoms with van der Waals surface area (Å²) in [4.78, 5) is 0. The molecule has 0 aliphatic carbocycles. The van der Waals surface area contributed by atoms with Crippen molar-refractivity contribution >= 4 is 0 Å². The van der Waals surface area contributed by atoms with Gasteiger partial charge in [-0.1, -0.05) is 12.1 Å². The standard InChI is InChI=1S/C12H20N2O/c1-12(2,14-3)11(13)9-5-7-10(15-4)8-6-9/h5-8,11,14H,13H2,1-4H3. The molecule has 3 nitrogen and oxygen atoms in total. The van der Waals surface area contributed by atoms with Gasteiger partial charge in [0.1, 0.15) is 5.75 Å². The zero-order valence-electron chi connectivity index (χ0n) is 9.87. The van der Waals surface area contributed by atoms with Crippen LogP contribution in [0.25, 0.3) is 0 Å². The Morgan fingerprint density at radius 1 is 1.27 bits per heavy atom. The lowest BCUT2D eigenvalue weighted by atomic mass is 9.89. The van der Waals surface area contributed by atoms with E-state index in [1.54, 1.807) is 7.11 Å². The molecular formula is C12H20N2O. The number of methoxy groups -OCH3 is 1. The van der Waals surface area contributed by atoms with Gasteiger partial charge in [-0.05, 0) is 38.6 Å². The number of benzene rings is 1. The van der Waals surface area contributed by atoms with Crippen molar-refractivity contribution in [2.45, 2.75) is 25.4 Å². The van der Waals surface area contributed by atoms with Crippen molar-refractivity contribution < 1.29 is 4.74 Å². The Labute approximate surface area is 91.6 Å². The maximum atomic E-state index is 6.17. The van der Waals surface area contributed by atoms with Crippen LogP contribution in [0, 0.1) is 0 Å². The van der Waals surface area contributed by atoms with Gasteiger partial charge in [0.05, 0.1) is 7.11 Å². The molecule has 0 amide bonds. The molecule has 0 aliphatic heterocycles. The van der Waals surface area contributed by atoms with Gasteiger partial charge < -0.3 is 15.8 Å². The van der Waals surface area contributed by atoms with E-state index in [2.05, 4.69) is 19.2 Å². The molecule has 0 radical (unpaired) electrons. The Morgan fingerprint density at radius 2 is 1.80 bits per heavy atom. The van der Waals surface area contributed by atoms with Crippen LogP contribution >= 0.6 is 0 Å². The minimum atomic E-state index is -0.116. The van der Waals surface area contributed by atoms with Gasteiger partial charge >= 0.3 is 0 Å². The monoisotopic (exact) mass is 208 g/mol. The average molecular weight is 208 g/mol. The van der Waals surface area contributed by atoms with Crippen LogP contribution in [0.4, 0.5) is 0 Å². The van der Waals surface area contributed by atoms with E-state index in [4.69, 9.17) is 10.5 Å². The molecule has 1 rings (SSSR count). The van der Waals surface area contributed by atoms with Crippen LogP contribution in [0.2, 0.25) is 0 Å². The minimum absolute atomic E-state index is 0.0339. The predicted molar refractivity (Wildman–Crippen MR) is 63.1 cm³/mol. The van der Waals surface area contributed by atoms with Crippen molar-refractivity contribution in [1.82, 2.24) is 5.32 Å². The van der Waals surface area contributed by atoms with Crippen molar-refractivity contribution in [2.24, 2.45) is 5.73 Å².